The van der Waals surface area contributed by atoms with Crippen molar-refractivity contribution in [2.24, 2.45) is 5.73 Å². The molecule has 14 heavy (non-hydrogen) atoms. The Bertz CT molecular complexity index is 322. The van der Waals surface area contributed by atoms with Crippen LogP contribution in [0.2, 0.25) is 0 Å². The molecule has 76 valence electrons. The molecular weight excluding hydrogens is 174 g/mol. The fourth-order valence-electron chi connectivity index (χ4n) is 1.94. The first-order valence-corrected chi connectivity index (χ1v) is 5.32. The third kappa shape index (κ3) is 1.75. The lowest BCUT2D eigenvalue weighted by atomic mass is 10.1. The summed E-state index contributed by atoms with van der Waals surface area (Å²) < 4.78 is 5.57. The smallest absolute Gasteiger partial charge is 0.119 e. The SMILES string of the molecule is CCCOc1ccc2c(c1)CC[C@@H]2N. The van der Waals surface area contributed by atoms with Crippen LogP contribution in [-0.4, -0.2) is 6.61 Å². The van der Waals surface area contributed by atoms with Crippen molar-refractivity contribution in [3.8, 4) is 5.75 Å². The lowest BCUT2D eigenvalue weighted by Crippen LogP contribution is -2.05. The van der Waals surface area contributed by atoms with Gasteiger partial charge in [0.15, 0.2) is 0 Å². The number of rotatable bonds is 3. The number of ether oxygens (including phenoxy) is 1. The normalized spacial score (nSPS) is 19.4. The van der Waals surface area contributed by atoms with E-state index in [-0.39, 0.29) is 6.04 Å². The van der Waals surface area contributed by atoms with Crippen molar-refractivity contribution >= 4 is 0 Å². The average Bonchev–Trinajstić information content (AvgIpc) is 2.57. The molecule has 0 amide bonds. The first kappa shape index (κ1) is 9.53. The zero-order chi connectivity index (χ0) is 9.97. The minimum absolute atomic E-state index is 0.241. The van der Waals surface area contributed by atoms with Gasteiger partial charge in [-0.1, -0.05) is 13.0 Å². The molecule has 1 aromatic rings. The van der Waals surface area contributed by atoms with Crippen LogP contribution in [0.3, 0.4) is 0 Å². The fourth-order valence-corrected chi connectivity index (χ4v) is 1.94. The highest BCUT2D eigenvalue weighted by molar-refractivity contribution is 5.40. The molecule has 1 aliphatic rings. The van der Waals surface area contributed by atoms with Crippen molar-refractivity contribution < 1.29 is 4.74 Å². The summed E-state index contributed by atoms with van der Waals surface area (Å²) in [7, 11) is 0. The average molecular weight is 191 g/mol. The molecular formula is C12H17NO. The molecule has 0 aromatic heterocycles. The van der Waals surface area contributed by atoms with Gasteiger partial charge in [0.05, 0.1) is 6.61 Å². The maximum Gasteiger partial charge on any atom is 0.119 e. The van der Waals surface area contributed by atoms with Gasteiger partial charge in [-0.15, -0.1) is 0 Å². The van der Waals surface area contributed by atoms with Gasteiger partial charge in [-0.05, 0) is 42.5 Å². The van der Waals surface area contributed by atoms with Gasteiger partial charge in [0.1, 0.15) is 5.75 Å². The van der Waals surface area contributed by atoms with Crippen LogP contribution in [-0.2, 0) is 6.42 Å². The largest absolute Gasteiger partial charge is 0.494 e. The standard InChI is InChI=1S/C12H17NO/c1-2-7-14-10-4-5-11-9(8-10)3-6-12(11)13/h4-5,8,12H,2-3,6-7,13H2,1H3/t12-/m0/s1. The molecule has 1 atom stereocenters. The van der Waals surface area contributed by atoms with Crippen LogP contribution in [0.25, 0.3) is 0 Å². The van der Waals surface area contributed by atoms with Gasteiger partial charge in [-0.2, -0.15) is 0 Å². The first-order valence-electron chi connectivity index (χ1n) is 5.32. The molecule has 0 bridgehead atoms. The van der Waals surface area contributed by atoms with E-state index < -0.39 is 0 Å². The van der Waals surface area contributed by atoms with E-state index in [0.29, 0.717) is 0 Å². The van der Waals surface area contributed by atoms with Crippen molar-refractivity contribution in [2.75, 3.05) is 6.61 Å². The zero-order valence-electron chi connectivity index (χ0n) is 8.62. The molecule has 0 saturated carbocycles. The van der Waals surface area contributed by atoms with Crippen molar-refractivity contribution in [2.45, 2.75) is 32.2 Å². The van der Waals surface area contributed by atoms with Crippen LogP contribution < -0.4 is 10.5 Å². The summed E-state index contributed by atoms with van der Waals surface area (Å²) in [5.74, 6) is 0.986. The van der Waals surface area contributed by atoms with Gasteiger partial charge >= 0.3 is 0 Å². The third-order valence-electron chi connectivity index (χ3n) is 2.71. The minimum Gasteiger partial charge on any atom is -0.494 e. The number of fused-ring (bicyclic) bond motifs is 1. The molecule has 2 N–H and O–H groups in total. The maximum atomic E-state index is 5.96. The van der Waals surface area contributed by atoms with Crippen molar-refractivity contribution in [1.82, 2.24) is 0 Å². The van der Waals surface area contributed by atoms with Crippen molar-refractivity contribution in [1.29, 1.82) is 0 Å². The Morgan fingerprint density at radius 3 is 3.14 bits per heavy atom. The molecule has 0 unspecified atom stereocenters. The lowest BCUT2D eigenvalue weighted by molar-refractivity contribution is 0.317. The molecule has 0 radical (unpaired) electrons. The van der Waals surface area contributed by atoms with Crippen LogP contribution in [0.4, 0.5) is 0 Å². The molecule has 0 saturated heterocycles. The van der Waals surface area contributed by atoms with Crippen molar-refractivity contribution in [3.63, 3.8) is 0 Å². The molecule has 1 aliphatic carbocycles. The maximum absolute atomic E-state index is 5.96. The van der Waals surface area contributed by atoms with E-state index in [2.05, 4.69) is 19.1 Å². The van der Waals surface area contributed by atoms with Gasteiger partial charge < -0.3 is 10.5 Å². The molecule has 2 heteroatoms. The molecule has 2 nitrogen and oxygen atoms in total. The van der Waals surface area contributed by atoms with E-state index in [4.69, 9.17) is 10.5 Å². The molecule has 1 aromatic carbocycles. The summed E-state index contributed by atoms with van der Waals surface area (Å²) in [6, 6.07) is 6.51. The first-order chi connectivity index (χ1) is 6.81. The Morgan fingerprint density at radius 2 is 2.36 bits per heavy atom. The summed E-state index contributed by atoms with van der Waals surface area (Å²) in [4.78, 5) is 0. The summed E-state index contributed by atoms with van der Waals surface area (Å²) in [6.45, 7) is 2.91. The van der Waals surface area contributed by atoms with Crippen LogP contribution in [0.5, 0.6) is 5.75 Å². The highest BCUT2D eigenvalue weighted by Gasteiger charge is 2.18. The molecule has 0 aliphatic heterocycles. The highest BCUT2D eigenvalue weighted by Crippen LogP contribution is 2.31. The van der Waals surface area contributed by atoms with E-state index in [9.17, 15) is 0 Å². The Labute approximate surface area is 85.1 Å². The van der Waals surface area contributed by atoms with Crippen LogP contribution >= 0.6 is 0 Å². The van der Waals surface area contributed by atoms with E-state index >= 15 is 0 Å². The minimum atomic E-state index is 0.241. The van der Waals surface area contributed by atoms with Crippen LogP contribution in [0.1, 0.15) is 36.9 Å². The second-order valence-electron chi connectivity index (χ2n) is 3.85. The molecule has 2 rings (SSSR count). The predicted molar refractivity (Wildman–Crippen MR) is 57.5 cm³/mol. The molecule has 0 heterocycles. The number of hydrogen-bond donors (Lipinski definition) is 1. The monoisotopic (exact) mass is 191 g/mol. The fraction of sp³-hybridized carbons (Fsp3) is 0.500. The van der Waals surface area contributed by atoms with Gasteiger partial charge in [-0.3, -0.25) is 0 Å². The molecule has 0 fully saturated rings. The second kappa shape index (κ2) is 4.01. The van der Waals surface area contributed by atoms with Gasteiger partial charge in [0.25, 0.3) is 0 Å². The number of benzene rings is 1. The summed E-state index contributed by atoms with van der Waals surface area (Å²) in [6.07, 6.45) is 3.23. The number of aryl methyl sites for hydroxylation is 1. The number of nitrogens with two attached hydrogens (primary N) is 1. The third-order valence-corrected chi connectivity index (χ3v) is 2.71. The van der Waals surface area contributed by atoms with Crippen LogP contribution in [0, 0.1) is 0 Å². The van der Waals surface area contributed by atoms with Crippen LogP contribution in [0.15, 0.2) is 18.2 Å². The Balaban J connectivity index is 2.15. The van der Waals surface area contributed by atoms with Crippen molar-refractivity contribution in [3.05, 3.63) is 29.3 Å². The quantitative estimate of drug-likeness (QED) is 0.796. The lowest BCUT2D eigenvalue weighted by Gasteiger charge is -2.08. The van der Waals surface area contributed by atoms with Gasteiger partial charge in [0, 0.05) is 6.04 Å². The van der Waals surface area contributed by atoms with Gasteiger partial charge in [0.2, 0.25) is 0 Å². The topological polar surface area (TPSA) is 35.2 Å². The summed E-state index contributed by atoms with van der Waals surface area (Å²) >= 11 is 0. The van der Waals surface area contributed by atoms with E-state index in [0.717, 1.165) is 31.6 Å². The van der Waals surface area contributed by atoms with E-state index in [1.54, 1.807) is 0 Å². The molecule has 0 spiro atoms. The highest BCUT2D eigenvalue weighted by atomic mass is 16.5. The van der Waals surface area contributed by atoms with E-state index in [1.165, 1.54) is 11.1 Å². The predicted octanol–water partition coefficient (Wildman–Crippen LogP) is 2.42. The van der Waals surface area contributed by atoms with E-state index in [1.807, 2.05) is 6.07 Å². The Morgan fingerprint density at radius 1 is 1.50 bits per heavy atom. The zero-order valence-corrected chi connectivity index (χ0v) is 8.62. The Hall–Kier alpha value is -1.02. The summed E-state index contributed by atoms with van der Waals surface area (Å²) in [5, 5.41) is 0. The Kier molecular flexibility index (Phi) is 2.73. The van der Waals surface area contributed by atoms with Gasteiger partial charge in [-0.25, -0.2) is 0 Å². The summed E-state index contributed by atoms with van der Waals surface area (Å²) in [5.41, 5.74) is 8.62. The second-order valence-corrected chi connectivity index (χ2v) is 3.85. The number of hydrogen-bond acceptors (Lipinski definition) is 2.